The molecule has 0 aromatic rings. The number of hydrogen-bond acceptors (Lipinski definition) is 3. The highest BCUT2D eigenvalue weighted by atomic mass is 32.2. The van der Waals surface area contributed by atoms with Crippen molar-refractivity contribution in [3.05, 3.63) is 0 Å². The van der Waals surface area contributed by atoms with Crippen molar-refractivity contribution in [2.24, 2.45) is 5.73 Å². The molecule has 3 fully saturated rings. The van der Waals surface area contributed by atoms with E-state index in [4.69, 9.17) is 5.73 Å². The van der Waals surface area contributed by atoms with E-state index in [1.165, 1.54) is 37.2 Å². The topological polar surface area (TPSA) is 29.3 Å². The molecule has 0 unspecified atom stereocenters. The number of rotatable bonds is 2. The van der Waals surface area contributed by atoms with Gasteiger partial charge in [-0.25, -0.2) is 0 Å². The van der Waals surface area contributed by atoms with Crippen LogP contribution in [0.1, 0.15) is 25.7 Å². The lowest BCUT2D eigenvalue weighted by Gasteiger charge is -2.50. The van der Waals surface area contributed by atoms with Crippen LogP contribution in [-0.4, -0.2) is 40.6 Å². The highest BCUT2D eigenvalue weighted by Gasteiger charge is 2.52. The molecular formula is C10H18N2S. The fourth-order valence-electron chi connectivity index (χ4n) is 3.40. The Morgan fingerprint density at radius 1 is 1.15 bits per heavy atom. The summed E-state index contributed by atoms with van der Waals surface area (Å²) in [7, 11) is 0. The molecule has 2 N–H and O–H groups in total. The maximum Gasteiger partial charge on any atom is 0.0517 e. The van der Waals surface area contributed by atoms with Gasteiger partial charge in [0.1, 0.15) is 0 Å². The summed E-state index contributed by atoms with van der Waals surface area (Å²) in [6.45, 7) is 0.882. The summed E-state index contributed by atoms with van der Waals surface area (Å²) in [5.74, 6) is 2.58. The van der Waals surface area contributed by atoms with Crippen LogP contribution in [0.3, 0.4) is 0 Å². The number of hydrogen-bond donors (Lipinski definition) is 1. The van der Waals surface area contributed by atoms with E-state index in [1.807, 2.05) is 0 Å². The van der Waals surface area contributed by atoms with Crippen LogP contribution in [0, 0.1) is 0 Å². The van der Waals surface area contributed by atoms with Crippen LogP contribution in [-0.2, 0) is 0 Å². The van der Waals surface area contributed by atoms with Gasteiger partial charge < -0.3 is 5.73 Å². The maximum absolute atomic E-state index is 5.95. The second kappa shape index (κ2) is 2.88. The molecule has 3 aliphatic rings. The Hall–Kier alpha value is 0.270. The molecule has 13 heavy (non-hydrogen) atoms. The zero-order valence-corrected chi connectivity index (χ0v) is 8.85. The van der Waals surface area contributed by atoms with Crippen molar-refractivity contribution in [1.29, 1.82) is 0 Å². The zero-order valence-electron chi connectivity index (χ0n) is 8.04. The minimum absolute atomic E-state index is 0.424. The predicted octanol–water partition coefficient (Wildman–Crippen LogP) is 1.06. The summed E-state index contributed by atoms with van der Waals surface area (Å²) in [5, 5.41) is 0. The third kappa shape index (κ3) is 1.04. The highest BCUT2D eigenvalue weighted by molar-refractivity contribution is 8.00. The van der Waals surface area contributed by atoms with Crippen molar-refractivity contribution < 1.29 is 0 Å². The molecule has 0 amide bonds. The monoisotopic (exact) mass is 198 g/mol. The molecule has 3 saturated heterocycles. The quantitative estimate of drug-likeness (QED) is 0.719. The van der Waals surface area contributed by atoms with E-state index in [-0.39, 0.29) is 0 Å². The van der Waals surface area contributed by atoms with E-state index in [2.05, 4.69) is 16.7 Å². The van der Waals surface area contributed by atoms with E-state index in [0.29, 0.717) is 5.54 Å². The molecule has 2 bridgehead atoms. The summed E-state index contributed by atoms with van der Waals surface area (Å²) in [6.07, 6.45) is 5.77. The minimum Gasteiger partial charge on any atom is -0.329 e. The van der Waals surface area contributed by atoms with E-state index >= 15 is 0 Å². The van der Waals surface area contributed by atoms with Gasteiger partial charge in [-0.2, -0.15) is 11.8 Å². The van der Waals surface area contributed by atoms with E-state index < -0.39 is 0 Å². The van der Waals surface area contributed by atoms with Crippen LogP contribution >= 0.6 is 11.8 Å². The lowest BCUT2D eigenvalue weighted by molar-refractivity contribution is 0.106. The molecule has 0 aromatic carbocycles. The van der Waals surface area contributed by atoms with Gasteiger partial charge in [-0.3, -0.25) is 4.90 Å². The van der Waals surface area contributed by atoms with Crippen LogP contribution in [0.4, 0.5) is 0 Å². The Labute approximate surface area is 84.2 Å². The van der Waals surface area contributed by atoms with Gasteiger partial charge in [0.05, 0.1) is 5.54 Å². The SMILES string of the molecule is NCC1(N2C3CCC2CC3)CSC1. The van der Waals surface area contributed by atoms with Crippen LogP contribution < -0.4 is 5.73 Å². The first-order chi connectivity index (χ1) is 6.36. The Kier molecular flexibility index (Phi) is 1.90. The van der Waals surface area contributed by atoms with Gasteiger partial charge in [0.2, 0.25) is 0 Å². The first kappa shape index (κ1) is 8.57. The van der Waals surface area contributed by atoms with Crippen molar-refractivity contribution in [3.8, 4) is 0 Å². The summed E-state index contributed by atoms with van der Waals surface area (Å²) >= 11 is 2.07. The van der Waals surface area contributed by atoms with Crippen molar-refractivity contribution in [2.75, 3.05) is 18.1 Å². The normalized spacial score (nSPS) is 42.2. The molecule has 3 rings (SSSR count). The van der Waals surface area contributed by atoms with Crippen molar-refractivity contribution in [3.63, 3.8) is 0 Å². The van der Waals surface area contributed by atoms with Crippen molar-refractivity contribution >= 4 is 11.8 Å². The summed E-state index contributed by atoms with van der Waals surface area (Å²) in [4.78, 5) is 2.80. The summed E-state index contributed by atoms with van der Waals surface area (Å²) < 4.78 is 0. The molecule has 2 nitrogen and oxygen atoms in total. The third-order valence-corrected chi connectivity index (χ3v) is 5.61. The summed E-state index contributed by atoms with van der Waals surface area (Å²) in [6, 6.07) is 1.80. The van der Waals surface area contributed by atoms with Gasteiger partial charge in [-0.1, -0.05) is 0 Å². The lowest BCUT2D eigenvalue weighted by Crippen LogP contribution is -2.64. The first-order valence-electron chi connectivity index (χ1n) is 5.42. The summed E-state index contributed by atoms with van der Waals surface area (Å²) in [5.41, 5.74) is 6.37. The molecular weight excluding hydrogens is 180 g/mol. The van der Waals surface area contributed by atoms with Crippen LogP contribution in [0.2, 0.25) is 0 Å². The molecule has 0 saturated carbocycles. The molecule has 3 heteroatoms. The van der Waals surface area contributed by atoms with Crippen LogP contribution in [0.5, 0.6) is 0 Å². The largest absolute Gasteiger partial charge is 0.329 e. The number of fused-ring (bicyclic) bond motifs is 2. The van der Waals surface area contributed by atoms with Crippen LogP contribution in [0.25, 0.3) is 0 Å². The zero-order chi connectivity index (χ0) is 8.89. The van der Waals surface area contributed by atoms with Gasteiger partial charge in [0.15, 0.2) is 0 Å². The molecule has 0 aliphatic carbocycles. The Balaban J connectivity index is 1.84. The number of thioether (sulfide) groups is 1. The fourth-order valence-corrected chi connectivity index (χ4v) is 4.61. The average molecular weight is 198 g/mol. The second-order valence-corrected chi connectivity index (χ2v) is 5.78. The molecule has 3 heterocycles. The standard InChI is InChI=1S/C10H18N2S/c11-5-10(6-13-7-10)12-8-1-2-9(12)4-3-8/h8-9H,1-7,11H2. The van der Waals surface area contributed by atoms with Gasteiger partial charge in [-0.05, 0) is 25.7 Å². The molecule has 74 valence electrons. The molecule has 0 radical (unpaired) electrons. The molecule has 0 aromatic heterocycles. The highest BCUT2D eigenvalue weighted by Crippen LogP contribution is 2.47. The average Bonchev–Trinajstić information content (AvgIpc) is 2.65. The van der Waals surface area contributed by atoms with Crippen LogP contribution in [0.15, 0.2) is 0 Å². The first-order valence-corrected chi connectivity index (χ1v) is 6.57. The second-order valence-electron chi connectivity index (χ2n) is 4.79. The fraction of sp³-hybridized carbons (Fsp3) is 1.00. The Morgan fingerprint density at radius 2 is 1.69 bits per heavy atom. The molecule has 3 aliphatic heterocycles. The maximum atomic E-state index is 5.95. The smallest absolute Gasteiger partial charge is 0.0517 e. The van der Waals surface area contributed by atoms with Crippen molar-refractivity contribution in [2.45, 2.75) is 43.3 Å². The van der Waals surface area contributed by atoms with Gasteiger partial charge in [0, 0.05) is 30.1 Å². The lowest BCUT2D eigenvalue weighted by atomic mass is 10.0. The Bertz CT molecular complexity index is 189. The number of nitrogens with zero attached hydrogens (tertiary/aromatic N) is 1. The van der Waals surface area contributed by atoms with Crippen molar-refractivity contribution in [1.82, 2.24) is 4.90 Å². The van der Waals surface area contributed by atoms with E-state index in [1.54, 1.807) is 0 Å². The third-order valence-electron chi connectivity index (χ3n) is 4.12. The van der Waals surface area contributed by atoms with Gasteiger partial charge >= 0.3 is 0 Å². The van der Waals surface area contributed by atoms with E-state index in [0.717, 1.165) is 18.6 Å². The Morgan fingerprint density at radius 3 is 2.00 bits per heavy atom. The van der Waals surface area contributed by atoms with Gasteiger partial charge in [-0.15, -0.1) is 0 Å². The van der Waals surface area contributed by atoms with Gasteiger partial charge in [0.25, 0.3) is 0 Å². The minimum atomic E-state index is 0.424. The molecule has 0 spiro atoms. The predicted molar refractivity (Wildman–Crippen MR) is 57.0 cm³/mol. The molecule has 0 atom stereocenters. The van der Waals surface area contributed by atoms with E-state index in [9.17, 15) is 0 Å². The number of nitrogens with two attached hydrogens (primary N) is 1.